The van der Waals surface area contributed by atoms with Crippen LogP contribution >= 0.6 is 11.6 Å². The number of hydrogen-bond donors (Lipinski definition) is 3. The molecule has 34 heavy (non-hydrogen) atoms. The lowest BCUT2D eigenvalue weighted by Crippen LogP contribution is -2.40. The van der Waals surface area contributed by atoms with Crippen LogP contribution in [0.15, 0.2) is 42.5 Å². The van der Waals surface area contributed by atoms with Gasteiger partial charge >= 0.3 is 11.8 Å². The first kappa shape index (κ1) is 25.3. The molecule has 3 rings (SSSR count). The Morgan fingerprint density at radius 2 is 1.79 bits per heavy atom. The van der Waals surface area contributed by atoms with Gasteiger partial charge in [-0.3, -0.25) is 19.8 Å². The Balaban J connectivity index is 1.79. The number of benzene rings is 2. The number of hydrogen-bond acceptors (Lipinski definition) is 4. The van der Waals surface area contributed by atoms with E-state index in [4.69, 9.17) is 16.3 Å². The molecule has 3 aromatic rings. The molecular formula is C25H29ClN4O4. The second kappa shape index (κ2) is 11.2. The van der Waals surface area contributed by atoms with Crippen LogP contribution in [0, 0.1) is 13.8 Å². The monoisotopic (exact) mass is 484 g/mol. The van der Waals surface area contributed by atoms with E-state index in [1.54, 1.807) is 24.3 Å². The molecule has 0 spiro atoms. The number of carbonyl (C=O) groups excluding carboxylic acids is 3. The molecule has 1 aromatic heterocycles. The van der Waals surface area contributed by atoms with Crippen LogP contribution in [-0.4, -0.2) is 41.7 Å². The number of fused-ring (bicyclic) bond motifs is 1. The van der Waals surface area contributed by atoms with Crippen LogP contribution in [0.25, 0.3) is 10.9 Å². The van der Waals surface area contributed by atoms with E-state index in [1.807, 2.05) is 45.9 Å². The van der Waals surface area contributed by atoms with Crippen molar-refractivity contribution in [1.82, 2.24) is 9.99 Å². The fraction of sp³-hybridized carbons (Fsp3) is 0.320. The summed E-state index contributed by atoms with van der Waals surface area (Å²) in [5.41, 5.74) is 5.85. The number of ether oxygens (including phenoxy) is 1. The lowest BCUT2D eigenvalue weighted by molar-refractivity contribution is -0.136. The molecule has 3 amide bonds. The van der Waals surface area contributed by atoms with Gasteiger partial charge in [-0.05, 0) is 70.0 Å². The molecule has 0 aliphatic carbocycles. The Labute approximate surface area is 203 Å². The number of amides is 3. The van der Waals surface area contributed by atoms with Crippen LogP contribution in [0.4, 0.5) is 5.69 Å². The average molecular weight is 485 g/mol. The van der Waals surface area contributed by atoms with E-state index < -0.39 is 17.7 Å². The molecule has 3 N–H and O–H groups in total. The number of aromatic nitrogens is 1. The summed E-state index contributed by atoms with van der Waals surface area (Å²) in [4.78, 5) is 38.0. The van der Waals surface area contributed by atoms with E-state index in [-0.39, 0.29) is 11.8 Å². The Kier molecular flexibility index (Phi) is 8.31. The number of halogens is 1. The van der Waals surface area contributed by atoms with Crippen molar-refractivity contribution in [2.75, 3.05) is 23.9 Å². The van der Waals surface area contributed by atoms with Crippen molar-refractivity contribution in [1.29, 1.82) is 0 Å². The highest BCUT2D eigenvalue weighted by atomic mass is 35.5. The predicted octanol–water partition coefficient (Wildman–Crippen LogP) is 4.17. The minimum atomic E-state index is -0.891. The van der Waals surface area contributed by atoms with Crippen molar-refractivity contribution in [2.45, 2.75) is 40.2 Å². The highest BCUT2D eigenvalue weighted by molar-refractivity contribution is 6.38. The molecule has 0 unspecified atom stereocenters. The first-order chi connectivity index (χ1) is 16.2. The molecule has 0 radical (unpaired) electrons. The molecule has 2 aromatic carbocycles. The fourth-order valence-corrected chi connectivity index (χ4v) is 3.62. The van der Waals surface area contributed by atoms with E-state index in [0.717, 1.165) is 11.1 Å². The van der Waals surface area contributed by atoms with Crippen molar-refractivity contribution >= 4 is 45.9 Å². The Hall–Kier alpha value is -3.36. The minimum Gasteiger partial charge on any atom is -0.379 e. The van der Waals surface area contributed by atoms with Gasteiger partial charge in [-0.15, -0.1) is 0 Å². The summed E-state index contributed by atoms with van der Waals surface area (Å²) in [6.45, 7) is 8.49. The molecule has 1 heterocycles. The van der Waals surface area contributed by atoms with Crippen LogP contribution in [0.3, 0.4) is 0 Å². The summed E-state index contributed by atoms with van der Waals surface area (Å²) >= 11 is 6.11. The maximum Gasteiger partial charge on any atom is 0.328 e. The third kappa shape index (κ3) is 6.36. The summed E-state index contributed by atoms with van der Waals surface area (Å²) in [7, 11) is 0. The average Bonchev–Trinajstić information content (AvgIpc) is 3.12. The van der Waals surface area contributed by atoms with Crippen molar-refractivity contribution in [3.63, 3.8) is 0 Å². The molecule has 0 saturated heterocycles. The fourth-order valence-electron chi connectivity index (χ4n) is 3.44. The van der Waals surface area contributed by atoms with Crippen LogP contribution < -0.4 is 16.1 Å². The zero-order chi connectivity index (χ0) is 24.8. The van der Waals surface area contributed by atoms with Crippen molar-refractivity contribution in [3.05, 3.63) is 64.3 Å². The molecular weight excluding hydrogens is 456 g/mol. The largest absolute Gasteiger partial charge is 0.379 e. The number of carbonyl (C=O) groups is 3. The van der Waals surface area contributed by atoms with Crippen LogP contribution in [0.5, 0.6) is 0 Å². The number of nitrogens with zero attached hydrogens (tertiary/aromatic N) is 1. The lowest BCUT2D eigenvalue weighted by atomic mass is 10.1. The van der Waals surface area contributed by atoms with Crippen molar-refractivity contribution in [2.24, 2.45) is 0 Å². The molecule has 0 fully saturated rings. The maximum absolute atomic E-state index is 13.1. The van der Waals surface area contributed by atoms with Gasteiger partial charge in [0.2, 0.25) is 0 Å². The second-order valence-electron chi connectivity index (χ2n) is 8.31. The van der Waals surface area contributed by atoms with Crippen molar-refractivity contribution < 1.29 is 19.1 Å². The zero-order valence-electron chi connectivity index (χ0n) is 19.7. The summed E-state index contributed by atoms with van der Waals surface area (Å²) in [5.74, 6) is -2.13. The van der Waals surface area contributed by atoms with Crippen LogP contribution in [0.2, 0.25) is 5.02 Å². The quantitative estimate of drug-likeness (QED) is 0.330. The van der Waals surface area contributed by atoms with Crippen LogP contribution in [-0.2, 0) is 14.3 Å². The van der Waals surface area contributed by atoms with Gasteiger partial charge in [0.1, 0.15) is 5.69 Å². The standard InChI is InChI=1S/C25H29ClN4O4/c1-15(2)34-11-5-10-27-24(32)25(33)29-30-21-9-7-19(26)13-18(21)14-22(30)23(31)28-20-8-6-16(3)12-17(20)4/h6-9,12-15H,5,10-11H2,1-4H3,(H,27,32)(H,28,31)(H,29,33). The van der Waals surface area contributed by atoms with Gasteiger partial charge in [0.05, 0.1) is 11.6 Å². The van der Waals surface area contributed by atoms with Gasteiger partial charge in [0.15, 0.2) is 0 Å². The molecule has 0 atom stereocenters. The van der Waals surface area contributed by atoms with Gasteiger partial charge in [-0.1, -0.05) is 29.3 Å². The van der Waals surface area contributed by atoms with E-state index in [0.29, 0.717) is 41.2 Å². The Morgan fingerprint density at radius 3 is 2.50 bits per heavy atom. The first-order valence-corrected chi connectivity index (χ1v) is 11.4. The van der Waals surface area contributed by atoms with Crippen molar-refractivity contribution in [3.8, 4) is 0 Å². The van der Waals surface area contributed by atoms with Gasteiger partial charge < -0.3 is 15.4 Å². The zero-order valence-corrected chi connectivity index (χ0v) is 20.5. The predicted molar refractivity (Wildman–Crippen MR) is 134 cm³/mol. The van der Waals surface area contributed by atoms with E-state index in [1.165, 1.54) is 4.68 Å². The minimum absolute atomic E-state index is 0.0998. The highest BCUT2D eigenvalue weighted by Gasteiger charge is 2.21. The number of rotatable bonds is 8. The molecule has 8 nitrogen and oxygen atoms in total. The van der Waals surface area contributed by atoms with E-state index >= 15 is 0 Å². The summed E-state index contributed by atoms with van der Waals surface area (Å²) in [6, 6.07) is 12.3. The SMILES string of the molecule is Cc1ccc(NC(=O)c2cc3cc(Cl)ccc3n2NC(=O)C(=O)NCCCOC(C)C)c(C)c1. The maximum atomic E-state index is 13.1. The molecule has 0 aliphatic heterocycles. The molecule has 0 bridgehead atoms. The van der Waals surface area contributed by atoms with E-state index in [9.17, 15) is 14.4 Å². The molecule has 180 valence electrons. The normalized spacial score (nSPS) is 11.0. The topological polar surface area (TPSA) is 101 Å². The van der Waals surface area contributed by atoms with Crippen LogP contribution in [0.1, 0.15) is 41.9 Å². The smallest absolute Gasteiger partial charge is 0.328 e. The van der Waals surface area contributed by atoms with Gasteiger partial charge in [-0.25, -0.2) is 4.68 Å². The molecule has 0 saturated carbocycles. The van der Waals surface area contributed by atoms with E-state index in [2.05, 4.69) is 16.1 Å². The summed E-state index contributed by atoms with van der Waals surface area (Å²) in [6.07, 6.45) is 0.675. The second-order valence-corrected chi connectivity index (χ2v) is 8.75. The first-order valence-electron chi connectivity index (χ1n) is 11.1. The van der Waals surface area contributed by atoms with Gasteiger partial charge in [-0.2, -0.15) is 0 Å². The highest BCUT2D eigenvalue weighted by Crippen LogP contribution is 2.24. The Bertz CT molecular complexity index is 1220. The van der Waals surface area contributed by atoms with Gasteiger partial charge in [0.25, 0.3) is 5.91 Å². The molecule has 0 aliphatic rings. The third-order valence-corrected chi connectivity index (χ3v) is 5.34. The summed E-state index contributed by atoms with van der Waals surface area (Å²) < 4.78 is 6.72. The Morgan fingerprint density at radius 1 is 1.03 bits per heavy atom. The summed E-state index contributed by atoms with van der Waals surface area (Å²) in [5, 5.41) is 6.56. The van der Waals surface area contributed by atoms with Gasteiger partial charge in [0, 0.05) is 29.2 Å². The lowest BCUT2D eigenvalue weighted by Gasteiger charge is -2.14. The number of anilines is 1. The number of aryl methyl sites for hydroxylation is 2. The molecule has 9 heteroatoms. The number of nitrogens with one attached hydrogen (secondary N) is 3. The third-order valence-electron chi connectivity index (χ3n) is 5.10.